The molecular formula is C12H15N3. The van der Waals surface area contributed by atoms with Crippen molar-refractivity contribution in [1.82, 2.24) is 9.78 Å². The summed E-state index contributed by atoms with van der Waals surface area (Å²) in [4.78, 5) is 0. The van der Waals surface area contributed by atoms with Crippen LogP contribution in [0, 0.1) is 13.8 Å². The molecule has 1 N–H and O–H groups in total. The van der Waals surface area contributed by atoms with Crippen molar-refractivity contribution in [1.29, 1.82) is 0 Å². The van der Waals surface area contributed by atoms with Crippen molar-refractivity contribution in [2.45, 2.75) is 13.8 Å². The van der Waals surface area contributed by atoms with Gasteiger partial charge in [0.15, 0.2) is 0 Å². The molecule has 0 unspecified atom stereocenters. The minimum atomic E-state index is 1.02. The quantitative estimate of drug-likeness (QED) is 0.809. The molecule has 15 heavy (non-hydrogen) atoms. The smallest absolute Gasteiger partial charge is 0.0728 e. The Morgan fingerprint density at radius 3 is 2.67 bits per heavy atom. The minimum Gasteiger partial charge on any atom is -0.386 e. The summed E-state index contributed by atoms with van der Waals surface area (Å²) >= 11 is 0. The van der Waals surface area contributed by atoms with E-state index in [0.717, 1.165) is 11.4 Å². The van der Waals surface area contributed by atoms with Gasteiger partial charge in [-0.1, -0.05) is 17.7 Å². The van der Waals surface area contributed by atoms with Crippen LogP contribution in [0.25, 0.3) is 5.69 Å². The Labute approximate surface area is 89.7 Å². The third-order valence-corrected chi connectivity index (χ3v) is 2.47. The molecule has 0 bridgehead atoms. The van der Waals surface area contributed by atoms with E-state index in [-0.39, 0.29) is 0 Å². The number of benzene rings is 1. The van der Waals surface area contributed by atoms with Crippen LogP contribution in [0.15, 0.2) is 30.6 Å². The maximum absolute atomic E-state index is 4.30. The molecule has 0 amide bonds. The predicted octanol–water partition coefficient (Wildman–Crippen LogP) is 2.53. The SMILES string of the molecule is CNc1cnn(-c2ccc(C)cc2C)c1. The fourth-order valence-electron chi connectivity index (χ4n) is 1.65. The summed E-state index contributed by atoms with van der Waals surface area (Å²) in [6.45, 7) is 4.20. The normalized spacial score (nSPS) is 10.3. The molecule has 78 valence electrons. The highest BCUT2D eigenvalue weighted by atomic mass is 15.3. The van der Waals surface area contributed by atoms with Crippen LogP contribution in [0.4, 0.5) is 5.69 Å². The first kappa shape index (κ1) is 9.77. The lowest BCUT2D eigenvalue weighted by Crippen LogP contribution is -1.97. The summed E-state index contributed by atoms with van der Waals surface area (Å²) in [5, 5.41) is 7.37. The largest absolute Gasteiger partial charge is 0.386 e. The molecule has 0 radical (unpaired) electrons. The van der Waals surface area contributed by atoms with Crippen LogP contribution >= 0.6 is 0 Å². The monoisotopic (exact) mass is 201 g/mol. The first-order valence-corrected chi connectivity index (χ1v) is 5.01. The Kier molecular flexibility index (Phi) is 2.46. The van der Waals surface area contributed by atoms with Gasteiger partial charge in [0.1, 0.15) is 0 Å². The number of hydrogen-bond donors (Lipinski definition) is 1. The van der Waals surface area contributed by atoms with Crippen LogP contribution in [-0.4, -0.2) is 16.8 Å². The van der Waals surface area contributed by atoms with Crippen molar-refractivity contribution >= 4 is 5.69 Å². The molecule has 0 aliphatic heterocycles. The van der Waals surface area contributed by atoms with E-state index in [4.69, 9.17) is 0 Å². The summed E-state index contributed by atoms with van der Waals surface area (Å²) in [6.07, 6.45) is 3.80. The van der Waals surface area contributed by atoms with Gasteiger partial charge in [0, 0.05) is 7.05 Å². The second kappa shape index (κ2) is 3.77. The van der Waals surface area contributed by atoms with Gasteiger partial charge in [-0.05, 0) is 25.5 Å². The number of anilines is 1. The zero-order valence-electron chi connectivity index (χ0n) is 9.28. The van der Waals surface area contributed by atoms with Gasteiger partial charge in [-0.2, -0.15) is 5.10 Å². The number of aromatic nitrogens is 2. The number of nitrogens with one attached hydrogen (secondary N) is 1. The van der Waals surface area contributed by atoms with E-state index >= 15 is 0 Å². The molecule has 0 saturated carbocycles. The van der Waals surface area contributed by atoms with Crippen LogP contribution in [0.3, 0.4) is 0 Å². The molecule has 0 spiro atoms. The van der Waals surface area contributed by atoms with Crippen molar-refractivity contribution in [3.05, 3.63) is 41.7 Å². The van der Waals surface area contributed by atoms with Crippen LogP contribution in [0.5, 0.6) is 0 Å². The van der Waals surface area contributed by atoms with Crippen molar-refractivity contribution in [2.24, 2.45) is 0 Å². The molecule has 3 heteroatoms. The molecular weight excluding hydrogens is 186 g/mol. The fraction of sp³-hybridized carbons (Fsp3) is 0.250. The summed E-state index contributed by atoms with van der Waals surface area (Å²) in [5.74, 6) is 0. The maximum atomic E-state index is 4.30. The molecule has 2 rings (SSSR count). The average molecular weight is 201 g/mol. The van der Waals surface area contributed by atoms with Gasteiger partial charge in [0.2, 0.25) is 0 Å². The van der Waals surface area contributed by atoms with Gasteiger partial charge in [-0.25, -0.2) is 4.68 Å². The summed E-state index contributed by atoms with van der Waals surface area (Å²) in [7, 11) is 1.89. The van der Waals surface area contributed by atoms with Gasteiger partial charge in [-0.15, -0.1) is 0 Å². The van der Waals surface area contributed by atoms with E-state index < -0.39 is 0 Å². The van der Waals surface area contributed by atoms with Crippen molar-refractivity contribution < 1.29 is 0 Å². The Hall–Kier alpha value is -1.77. The van der Waals surface area contributed by atoms with Gasteiger partial charge in [0.05, 0.1) is 23.8 Å². The van der Waals surface area contributed by atoms with E-state index in [2.05, 4.69) is 42.5 Å². The minimum absolute atomic E-state index is 1.02. The maximum Gasteiger partial charge on any atom is 0.0728 e. The summed E-state index contributed by atoms with van der Waals surface area (Å²) in [6, 6.07) is 6.36. The van der Waals surface area contributed by atoms with Gasteiger partial charge < -0.3 is 5.32 Å². The third kappa shape index (κ3) is 1.86. The van der Waals surface area contributed by atoms with Crippen LogP contribution in [0.1, 0.15) is 11.1 Å². The highest BCUT2D eigenvalue weighted by Crippen LogP contribution is 2.16. The summed E-state index contributed by atoms with van der Waals surface area (Å²) in [5.41, 5.74) is 4.66. The Morgan fingerprint density at radius 2 is 2.07 bits per heavy atom. The molecule has 3 nitrogen and oxygen atoms in total. The highest BCUT2D eigenvalue weighted by molar-refractivity contribution is 5.46. The molecule has 0 saturated heterocycles. The Bertz CT molecular complexity index is 471. The molecule has 0 aliphatic rings. The van der Waals surface area contributed by atoms with Crippen molar-refractivity contribution in [2.75, 3.05) is 12.4 Å². The summed E-state index contributed by atoms with van der Waals surface area (Å²) < 4.78 is 1.89. The molecule has 1 aromatic heterocycles. The number of nitrogens with zero attached hydrogens (tertiary/aromatic N) is 2. The molecule has 2 aromatic rings. The average Bonchev–Trinajstić information content (AvgIpc) is 2.66. The van der Waals surface area contributed by atoms with Crippen molar-refractivity contribution in [3.8, 4) is 5.69 Å². The lowest BCUT2D eigenvalue weighted by Gasteiger charge is -2.06. The lowest BCUT2D eigenvalue weighted by molar-refractivity contribution is 0.872. The standard InChI is InChI=1S/C12H15N3/c1-9-4-5-12(10(2)6-9)15-8-11(13-3)7-14-15/h4-8,13H,1-3H3. The van der Waals surface area contributed by atoms with Crippen LogP contribution in [-0.2, 0) is 0 Å². The lowest BCUT2D eigenvalue weighted by atomic mass is 10.1. The van der Waals surface area contributed by atoms with E-state index in [0.29, 0.717) is 0 Å². The number of hydrogen-bond acceptors (Lipinski definition) is 2. The second-order valence-corrected chi connectivity index (χ2v) is 3.71. The second-order valence-electron chi connectivity index (χ2n) is 3.71. The Morgan fingerprint density at radius 1 is 1.27 bits per heavy atom. The van der Waals surface area contributed by atoms with Crippen LogP contribution in [0.2, 0.25) is 0 Å². The van der Waals surface area contributed by atoms with Crippen LogP contribution < -0.4 is 5.32 Å². The highest BCUT2D eigenvalue weighted by Gasteiger charge is 2.02. The number of aryl methyl sites for hydroxylation is 2. The fourth-order valence-corrected chi connectivity index (χ4v) is 1.65. The molecule has 1 heterocycles. The van der Waals surface area contributed by atoms with E-state index in [9.17, 15) is 0 Å². The Balaban J connectivity index is 2.44. The van der Waals surface area contributed by atoms with E-state index in [1.807, 2.05) is 24.1 Å². The zero-order valence-corrected chi connectivity index (χ0v) is 9.28. The molecule has 1 aromatic carbocycles. The first-order chi connectivity index (χ1) is 7.20. The first-order valence-electron chi connectivity index (χ1n) is 5.01. The molecule has 0 aliphatic carbocycles. The third-order valence-electron chi connectivity index (χ3n) is 2.47. The number of rotatable bonds is 2. The van der Waals surface area contributed by atoms with E-state index in [1.54, 1.807) is 0 Å². The van der Waals surface area contributed by atoms with Gasteiger partial charge >= 0.3 is 0 Å². The van der Waals surface area contributed by atoms with Gasteiger partial charge in [-0.3, -0.25) is 0 Å². The van der Waals surface area contributed by atoms with E-state index in [1.165, 1.54) is 11.1 Å². The molecule has 0 atom stereocenters. The topological polar surface area (TPSA) is 29.9 Å². The predicted molar refractivity (Wildman–Crippen MR) is 62.6 cm³/mol. The molecule has 0 fully saturated rings. The van der Waals surface area contributed by atoms with Crippen molar-refractivity contribution in [3.63, 3.8) is 0 Å². The van der Waals surface area contributed by atoms with Gasteiger partial charge in [0.25, 0.3) is 0 Å². The zero-order chi connectivity index (χ0) is 10.8.